The van der Waals surface area contributed by atoms with E-state index < -0.39 is 6.04 Å². The summed E-state index contributed by atoms with van der Waals surface area (Å²) in [6.07, 6.45) is 3.99. The van der Waals surface area contributed by atoms with Gasteiger partial charge < -0.3 is 19.9 Å². The van der Waals surface area contributed by atoms with Crippen LogP contribution in [-0.2, 0) is 11.8 Å². The number of ether oxygens (including phenoxy) is 1. The summed E-state index contributed by atoms with van der Waals surface area (Å²) >= 11 is 0. The Hall–Kier alpha value is -3.01. The molecule has 166 valence electrons. The van der Waals surface area contributed by atoms with E-state index in [9.17, 15) is 14.9 Å². The zero-order valence-corrected chi connectivity index (χ0v) is 18.8. The number of methoxy groups -OCH3 is 1. The number of benzene rings is 1. The molecular formula is C24H32N4O3. The summed E-state index contributed by atoms with van der Waals surface area (Å²) in [7, 11) is 3.47. The van der Waals surface area contributed by atoms with Gasteiger partial charge in [0, 0.05) is 24.5 Å². The van der Waals surface area contributed by atoms with Crippen molar-refractivity contribution in [3.63, 3.8) is 0 Å². The molecular weight excluding hydrogens is 392 g/mol. The van der Waals surface area contributed by atoms with Gasteiger partial charge in [-0.3, -0.25) is 9.59 Å². The number of nitrogens with zero attached hydrogens (tertiary/aromatic N) is 2. The monoisotopic (exact) mass is 424 g/mol. The summed E-state index contributed by atoms with van der Waals surface area (Å²) in [5, 5.41) is 16.3. The van der Waals surface area contributed by atoms with E-state index in [1.54, 1.807) is 7.11 Å². The molecule has 1 aliphatic rings. The Labute approximate surface area is 183 Å². The standard InChI is InChI=1S/C24H32N4O3/c1-15(2)11-17(14-25)26-23(29)19-7-5-6-8-20(19)27-24(30)22-12-16-9-10-18(31-4)13-21(16)28(22)3/h9-10,12-13,15,17,19-20H,5-8,11H2,1-4H3,(H,26,29)(H,27,30)/t17-,19+,20?/m0/s1. The molecule has 0 radical (unpaired) electrons. The highest BCUT2D eigenvalue weighted by atomic mass is 16.5. The molecule has 1 heterocycles. The highest BCUT2D eigenvalue weighted by Gasteiger charge is 2.33. The third-order valence-corrected chi connectivity index (χ3v) is 6.08. The van der Waals surface area contributed by atoms with Crippen LogP contribution in [0.3, 0.4) is 0 Å². The summed E-state index contributed by atoms with van der Waals surface area (Å²) in [5.41, 5.74) is 1.45. The van der Waals surface area contributed by atoms with Crippen molar-refractivity contribution < 1.29 is 14.3 Å². The maximum Gasteiger partial charge on any atom is 0.268 e. The quantitative estimate of drug-likeness (QED) is 0.711. The van der Waals surface area contributed by atoms with E-state index in [2.05, 4.69) is 16.7 Å². The number of carbonyl (C=O) groups is 2. The minimum Gasteiger partial charge on any atom is -0.497 e. The van der Waals surface area contributed by atoms with Gasteiger partial charge in [0.25, 0.3) is 5.91 Å². The van der Waals surface area contributed by atoms with Gasteiger partial charge >= 0.3 is 0 Å². The molecule has 7 heteroatoms. The maximum atomic E-state index is 13.1. The summed E-state index contributed by atoms with van der Waals surface area (Å²) in [6, 6.07) is 9.00. The van der Waals surface area contributed by atoms with Crippen molar-refractivity contribution in [3.05, 3.63) is 30.0 Å². The van der Waals surface area contributed by atoms with Gasteiger partial charge in [-0.05, 0) is 43.4 Å². The lowest BCUT2D eigenvalue weighted by Crippen LogP contribution is -2.50. The number of fused-ring (bicyclic) bond motifs is 1. The number of hydrogen-bond acceptors (Lipinski definition) is 4. The molecule has 1 fully saturated rings. The largest absolute Gasteiger partial charge is 0.497 e. The van der Waals surface area contributed by atoms with Gasteiger partial charge in [0.05, 0.1) is 24.6 Å². The number of carbonyl (C=O) groups excluding carboxylic acids is 2. The number of rotatable bonds is 7. The van der Waals surface area contributed by atoms with Gasteiger partial charge in [0.15, 0.2) is 0 Å². The predicted molar refractivity (Wildman–Crippen MR) is 120 cm³/mol. The SMILES string of the molecule is COc1ccc2cc(C(=O)NC3CCCC[C@H]3C(=O)N[C@H](C#N)CC(C)C)n(C)c2c1. The van der Waals surface area contributed by atoms with Crippen LogP contribution in [0.15, 0.2) is 24.3 Å². The first kappa shape index (κ1) is 22.7. The van der Waals surface area contributed by atoms with Gasteiger partial charge in [-0.25, -0.2) is 0 Å². The van der Waals surface area contributed by atoms with Gasteiger partial charge in [0.1, 0.15) is 17.5 Å². The maximum absolute atomic E-state index is 13.1. The fraction of sp³-hybridized carbons (Fsp3) is 0.542. The first-order chi connectivity index (χ1) is 14.8. The van der Waals surface area contributed by atoms with Crippen LogP contribution in [0.25, 0.3) is 10.9 Å². The molecule has 31 heavy (non-hydrogen) atoms. The lowest BCUT2D eigenvalue weighted by atomic mass is 9.83. The molecule has 0 aliphatic heterocycles. The molecule has 1 unspecified atom stereocenters. The van der Waals surface area contributed by atoms with E-state index in [1.165, 1.54) is 0 Å². The number of amides is 2. The molecule has 0 saturated heterocycles. The van der Waals surface area contributed by atoms with E-state index >= 15 is 0 Å². The van der Waals surface area contributed by atoms with Crippen LogP contribution in [0.5, 0.6) is 5.75 Å². The fourth-order valence-corrected chi connectivity index (χ4v) is 4.41. The Morgan fingerprint density at radius 2 is 2.00 bits per heavy atom. The highest BCUT2D eigenvalue weighted by molar-refractivity contribution is 5.99. The lowest BCUT2D eigenvalue weighted by molar-refractivity contribution is -0.127. The smallest absolute Gasteiger partial charge is 0.268 e. The number of aryl methyl sites for hydroxylation is 1. The van der Waals surface area contributed by atoms with Crippen molar-refractivity contribution in [2.45, 2.75) is 58.0 Å². The molecule has 0 bridgehead atoms. The zero-order chi connectivity index (χ0) is 22.5. The van der Waals surface area contributed by atoms with Crippen molar-refractivity contribution in [3.8, 4) is 11.8 Å². The molecule has 7 nitrogen and oxygen atoms in total. The molecule has 1 aromatic carbocycles. The van der Waals surface area contributed by atoms with Crippen LogP contribution in [0.2, 0.25) is 0 Å². The number of nitriles is 1. The van der Waals surface area contributed by atoms with E-state index in [0.29, 0.717) is 24.5 Å². The van der Waals surface area contributed by atoms with Gasteiger partial charge in [-0.2, -0.15) is 5.26 Å². The molecule has 1 aromatic heterocycles. The third-order valence-electron chi connectivity index (χ3n) is 6.08. The average Bonchev–Trinajstić information content (AvgIpc) is 3.09. The summed E-state index contributed by atoms with van der Waals surface area (Å²) in [6.45, 7) is 4.05. The minimum atomic E-state index is -0.501. The van der Waals surface area contributed by atoms with Crippen molar-refractivity contribution in [2.75, 3.05) is 7.11 Å². The van der Waals surface area contributed by atoms with E-state index in [1.807, 2.05) is 49.7 Å². The van der Waals surface area contributed by atoms with Crippen LogP contribution in [0.1, 0.15) is 56.4 Å². The molecule has 3 atom stereocenters. The number of hydrogen-bond donors (Lipinski definition) is 2. The van der Waals surface area contributed by atoms with E-state index in [-0.39, 0.29) is 23.8 Å². The number of aromatic nitrogens is 1. The van der Waals surface area contributed by atoms with Gasteiger partial charge in [-0.15, -0.1) is 0 Å². The fourth-order valence-electron chi connectivity index (χ4n) is 4.41. The van der Waals surface area contributed by atoms with Crippen molar-refractivity contribution >= 4 is 22.7 Å². The Morgan fingerprint density at radius 1 is 1.26 bits per heavy atom. The van der Waals surface area contributed by atoms with E-state index in [4.69, 9.17) is 4.74 Å². The molecule has 2 amide bonds. The Balaban J connectivity index is 1.74. The normalized spacial score (nSPS) is 19.6. The molecule has 2 N–H and O–H groups in total. The molecule has 1 saturated carbocycles. The first-order valence-corrected chi connectivity index (χ1v) is 11.0. The molecule has 0 spiro atoms. The van der Waals surface area contributed by atoms with Crippen LogP contribution in [0, 0.1) is 23.2 Å². The average molecular weight is 425 g/mol. The minimum absolute atomic E-state index is 0.140. The van der Waals surface area contributed by atoms with Crippen LogP contribution < -0.4 is 15.4 Å². The summed E-state index contributed by atoms with van der Waals surface area (Å²) < 4.78 is 7.14. The Kier molecular flexibility index (Phi) is 7.21. The van der Waals surface area contributed by atoms with Crippen LogP contribution in [-0.4, -0.2) is 35.6 Å². The highest BCUT2D eigenvalue weighted by Crippen LogP contribution is 2.27. The van der Waals surface area contributed by atoms with Crippen molar-refractivity contribution in [2.24, 2.45) is 18.9 Å². The molecule has 2 aromatic rings. The first-order valence-electron chi connectivity index (χ1n) is 11.0. The predicted octanol–water partition coefficient (Wildman–Crippen LogP) is 3.53. The van der Waals surface area contributed by atoms with Gasteiger partial charge in [0.2, 0.25) is 5.91 Å². The van der Waals surface area contributed by atoms with Crippen LogP contribution >= 0.6 is 0 Å². The molecule has 1 aliphatic carbocycles. The zero-order valence-electron chi connectivity index (χ0n) is 18.8. The number of nitrogens with one attached hydrogen (secondary N) is 2. The van der Waals surface area contributed by atoms with Crippen molar-refractivity contribution in [1.82, 2.24) is 15.2 Å². The van der Waals surface area contributed by atoms with E-state index in [0.717, 1.165) is 35.9 Å². The summed E-state index contributed by atoms with van der Waals surface area (Å²) in [5.74, 6) is 0.394. The Bertz CT molecular complexity index is 989. The van der Waals surface area contributed by atoms with Crippen LogP contribution in [0.4, 0.5) is 0 Å². The Morgan fingerprint density at radius 3 is 2.68 bits per heavy atom. The molecule has 3 rings (SSSR count). The second kappa shape index (κ2) is 9.86. The second-order valence-electron chi connectivity index (χ2n) is 8.80. The summed E-state index contributed by atoms with van der Waals surface area (Å²) in [4.78, 5) is 26.0. The van der Waals surface area contributed by atoms with Crippen molar-refractivity contribution in [1.29, 1.82) is 5.26 Å². The van der Waals surface area contributed by atoms with Gasteiger partial charge in [-0.1, -0.05) is 26.7 Å². The lowest BCUT2D eigenvalue weighted by Gasteiger charge is -2.32. The topological polar surface area (TPSA) is 96.2 Å². The second-order valence-corrected chi connectivity index (χ2v) is 8.80. The third kappa shape index (κ3) is 5.19.